The maximum atomic E-state index is 15.1. The molecule has 0 aliphatic rings. The number of alkyl carbamates (subject to hydrolysis) is 1. The van der Waals surface area contributed by atoms with Gasteiger partial charge in [0.1, 0.15) is 17.7 Å². The maximum absolute atomic E-state index is 15.1. The van der Waals surface area contributed by atoms with Crippen molar-refractivity contribution in [1.29, 1.82) is 0 Å². The average Bonchev–Trinajstić information content (AvgIpc) is 2.61. The predicted octanol–water partition coefficient (Wildman–Crippen LogP) is 5.27. The Bertz CT molecular complexity index is 1000. The van der Waals surface area contributed by atoms with Crippen molar-refractivity contribution in [2.24, 2.45) is 0 Å². The number of aryl methyl sites for hydroxylation is 3. The van der Waals surface area contributed by atoms with Crippen LogP contribution in [0.2, 0.25) is 0 Å². The number of carboxylic acids is 1. The normalized spacial score (nSPS) is 12.2. The molecule has 0 aromatic heterocycles. The molecule has 2 aromatic carbocycles. The Morgan fingerprint density at radius 2 is 1.68 bits per heavy atom. The van der Waals surface area contributed by atoms with Crippen molar-refractivity contribution in [3.8, 4) is 11.1 Å². The smallest absolute Gasteiger partial charge is 0.408 e. The van der Waals surface area contributed by atoms with E-state index in [9.17, 15) is 19.5 Å². The standard InChI is InChI=1S/C24H28FNO5/c1-13-7-16(12-27)8-14(2)21(13)17-9-15(3)22(25)18(10-17)19(11-20(28)29)26-23(30)31-24(4,5)6/h7-10,12,19H,11H2,1-6H3,(H,26,30)(H,28,29)/t19-/m0/s1. The highest BCUT2D eigenvalue weighted by Crippen LogP contribution is 2.33. The van der Waals surface area contributed by atoms with E-state index in [4.69, 9.17) is 4.74 Å². The van der Waals surface area contributed by atoms with Gasteiger partial charge in [-0.1, -0.05) is 0 Å². The lowest BCUT2D eigenvalue weighted by molar-refractivity contribution is -0.137. The van der Waals surface area contributed by atoms with Crippen molar-refractivity contribution in [3.05, 3.63) is 57.9 Å². The average molecular weight is 429 g/mol. The van der Waals surface area contributed by atoms with Gasteiger partial charge in [-0.3, -0.25) is 9.59 Å². The van der Waals surface area contributed by atoms with Gasteiger partial charge >= 0.3 is 12.1 Å². The fraction of sp³-hybridized carbons (Fsp3) is 0.375. The molecule has 1 amide bonds. The SMILES string of the molecule is Cc1cc(-c2c(C)cc(C=O)cc2C)cc([C@H](CC(=O)O)NC(=O)OC(C)(C)C)c1F. The van der Waals surface area contributed by atoms with E-state index in [-0.39, 0.29) is 5.56 Å². The fourth-order valence-electron chi connectivity index (χ4n) is 3.58. The Morgan fingerprint density at radius 1 is 1.10 bits per heavy atom. The Hall–Kier alpha value is -3.22. The van der Waals surface area contributed by atoms with Crippen molar-refractivity contribution in [3.63, 3.8) is 0 Å². The number of hydrogen-bond donors (Lipinski definition) is 2. The van der Waals surface area contributed by atoms with E-state index in [0.717, 1.165) is 23.0 Å². The van der Waals surface area contributed by atoms with Crippen LogP contribution in [-0.2, 0) is 9.53 Å². The lowest BCUT2D eigenvalue weighted by atomic mass is 9.89. The number of aliphatic carboxylic acids is 1. The molecule has 0 fully saturated rings. The lowest BCUT2D eigenvalue weighted by Gasteiger charge is -2.24. The number of ether oxygens (including phenoxy) is 1. The van der Waals surface area contributed by atoms with Crippen molar-refractivity contribution in [2.75, 3.05) is 0 Å². The van der Waals surface area contributed by atoms with Crippen LogP contribution in [-0.4, -0.2) is 29.1 Å². The molecule has 7 heteroatoms. The van der Waals surface area contributed by atoms with Crippen LogP contribution in [0.4, 0.5) is 9.18 Å². The van der Waals surface area contributed by atoms with E-state index in [1.807, 2.05) is 13.8 Å². The molecule has 0 bridgehead atoms. The van der Waals surface area contributed by atoms with Crippen molar-refractivity contribution >= 4 is 18.3 Å². The molecule has 0 aliphatic heterocycles. The minimum absolute atomic E-state index is 0.0570. The molecule has 0 aliphatic carbocycles. The molecule has 31 heavy (non-hydrogen) atoms. The topological polar surface area (TPSA) is 92.7 Å². The zero-order valence-corrected chi connectivity index (χ0v) is 18.6. The number of carbonyl (C=O) groups excluding carboxylic acids is 2. The molecular formula is C24H28FNO5. The van der Waals surface area contributed by atoms with Gasteiger partial charge in [0.15, 0.2) is 0 Å². The zero-order chi connectivity index (χ0) is 23.5. The summed E-state index contributed by atoms with van der Waals surface area (Å²) in [5.74, 6) is -1.78. The highest BCUT2D eigenvalue weighted by atomic mass is 19.1. The minimum atomic E-state index is -1.19. The van der Waals surface area contributed by atoms with Crippen molar-refractivity contribution in [2.45, 2.75) is 59.6 Å². The Kier molecular flexibility index (Phi) is 7.21. The Balaban J connectivity index is 2.58. The number of nitrogens with one attached hydrogen (secondary N) is 1. The van der Waals surface area contributed by atoms with Crippen LogP contribution in [0.15, 0.2) is 24.3 Å². The van der Waals surface area contributed by atoms with Gasteiger partial charge in [-0.2, -0.15) is 0 Å². The zero-order valence-electron chi connectivity index (χ0n) is 18.6. The maximum Gasteiger partial charge on any atom is 0.408 e. The van der Waals surface area contributed by atoms with Crippen LogP contribution >= 0.6 is 0 Å². The molecule has 1 atom stereocenters. The first kappa shape index (κ1) is 24.1. The van der Waals surface area contributed by atoms with Gasteiger partial charge in [-0.25, -0.2) is 9.18 Å². The molecule has 166 valence electrons. The van der Waals surface area contributed by atoms with Gasteiger partial charge in [0.05, 0.1) is 12.5 Å². The number of carboxylic acid groups (broad SMARTS) is 1. The molecule has 0 radical (unpaired) electrons. The van der Waals surface area contributed by atoms with E-state index < -0.39 is 35.9 Å². The molecule has 0 saturated carbocycles. The van der Waals surface area contributed by atoms with Gasteiger partial charge in [0.25, 0.3) is 0 Å². The summed E-state index contributed by atoms with van der Waals surface area (Å²) in [4.78, 5) is 34.9. The van der Waals surface area contributed by atoms with Crippen LogP contribution < -0.4 is 5.32 Å². The van der Waals surface area contributed by atoms with Crippen LogP contribution in [0.5, 0.6) is 0 Å². The van der Waals surface area contributed by atoms with Gasteiger partial charge in [0, 0.05) is 11.1 Å². The summed E-state index contributed by atoms with van der Waals surface area (Å²) >= 11 is 0. The van der Waals surface area contributed by atoms with E-state index >= 15 is 4.39 Å². The highest BCUT2D eigenvalue weighted by molar-refractivity contribution is 5.81. The molecule has 0 spiro atoms. The quantitative estimate of drug-likeness (QED) is 0.610. The summed E-state index contributed by atoms with van der Waals surface area (Å²) in [5.41, 5.74) is 3.26. The van der Waals surface area contributed by atoms with Crippen molar-refractivity contribution < 1.29 is 28.6 Å². The van der Waals surface area contributed by atoms with Gasteiger partial charge < -0.3 is 15.2 Å². The first-order valence-electron chi connectivity index (χ1n) is 9.90. The van der Waals surface area contributed by atoms with Gasteiger partial charge in [-0.15, -0.1) is 0 Å². The first-order valence-corrected chi connectivity index (χ1v) is 9.90. The summed E-state index contributed by atoms with van der Waals surface area (Å²) in [7, 11) is 0. The van der Waals surface area contributed by atoms with E-state index in [0.29, 0.717) is 16.7 Å². The number of hydrogen-bond acceptors (Lipinski definition) is 4. The van der Waals surface area contributed by atoms with E-state index in [2.05, 4.69) is 5.32 Å². The largest absolute Gasteiger partial charge is 0.481 e. The van der Waals surface area contributed by atoms with Gasteiger partial charge in [0.2, 0.25) is 0 Å². The number of rotatable bonds is 6. The van der Waals surface area contributed by atoms with E-state index in [1.165, 1.54) is 0 Å². The second-order valence-corrected chi connectivity index (χ2v) is 8.64. The van der Waals surface area contributed by atoms with Crippen LogP contribution in [0.3, 0.4) is 0 Å². The van der Waals surface area contributed by atoms with Crippen LogP contribution in [0.1, 0.15) is 65.8 Å². The number of amides is 1. The molecule has 0 saturated heterocycles. The number of halogens is 1. The summed E-state index contributed by atoms with van der Waals surface area (Å²) in [6.07, 6.45) is -0.580. The molecule has 6 nitrogen and oxygen atoms in total. The first-order chi connectivity index (χ1) is 14.3. The molecule has 0 heterocycles. The summed E-state index contributed by atoms with van der Waals surface area (Å²) in [6, 6.07) is 5.56. The second kappa shape index (κ2) is 9.29. The monoisotopic (exact) mass is 429 g/mol. The molecule has 2 rings (SSSR count). The third-order valence-corrected chi connectivity index (χ3v) is 4.71. The number of aldehydes is 1. The molecular weight excluding hydrogens is 401 g/mol. The van der Waals surface area contributed by atoms with E-state index in [1.54, 1.807) is 52.0 Å². The second-order valence-electron chi connectivity index (χ2n) is 8.64. The molecule has 2 N–H and O–H groups in total. The molecule has 2 aromatic rings. The van der Waals surface area contributed by atoms with Crippen LogP contribution in [0.25, 0.3) is 11.1 Å². The fourth-order valence-corrected chi connectivity index (χ4v) is 3.58. The summed E-state index contributed by atoms with van der Waals surface area (Å²) in [5, 5.41) is 11.8. The third-order valence-electron chi connectivity index (χ3n) is 4.71. The number of benzene rings is 2. The van der Waals surface area contributed by atoms with Gasteiger partial charge in [-0.05, 0) is 93.6 Å². The highest BCUT2D eigenvalue weighted by Gasteiger charge is 2.26. The number of carbonyl (C=O) groups is 3. The third kappa shape index (κ3) is 6.13. The van der Waals surface area contributed by atoms with Crippen LogP contribution in [0, 0.1) is 26.6 Å². The summed E-state index contributed by atoms with van der Waals surface area (Å²) in [6.45, 7) is 10.3. The predicted molar refractivity (Wildman–Crippen MR) is 116 cm³/mol. The Morgan fingerprint density at radius 3 is 2.16 bits per heavy atom. The lowest BCUT2D eigenvalue weighted by Crippen LogP contribution is -2.36. The summed E-state index contributed by atoms with van der Waals surface area (Å²) < 4.78 is 20.3. The van der Waals surface area contributed by atoms with Crippen molar-refractivity contribution in [1.82, 2.24) is 5.32 Å². The molecule has 0 unspecified atom stereocenters. The Labute approximate surface area is 181 Å². The minimum Gasteiger partial charge on any atom is -0.481 e.